The molecule has 0 atom stereocenters. The molecule has 0 aliphatic heterocycles. The van der Waals surface area contributed by atoms with Crippen molar-refractivity contribution in [3.05, 3.63) is 22.2 Å². The Morgan fingerprint density at radius 3 is 2.88 bits per heavy atom. The van der Waals surface area contributed by atoms with Crippen LogP contribution in [0.1, 0.15) is 38.1 Å². The summed E-state index contributed by atoms with van der Waals surface area (Å²) in [5, 5.41) is 24.4. The molecule has 1 aliphatic rings. The first kappa shape index (κ1) is 15.4. The van der Waals surface area contributed by atoms with E-state index in [0.29, 0.717) is 21.1 Å². The molecule has 0 spiro atoms. The van der Waals surface area contributed by atoms with Gasteiger partial charge in [0.1, 0.15) is 5.52 Å². The van der Waals surface area contributed by atoms with Crippen molar-refractivity contribution in [1.82, 2.24) is 29.0 Å². The molecule has 4 rings (SSSR count). The number of nitro benzene ring substituents is 1. The average molecular weight is 363 g/mol. The van der Waals surface area contributed by atoms with Crippen molar-refractivity contribution in [1.29, 1.82) is 0 Å². The summed E-state index contributed by atoms with van der Waals surface area (Å²) >= 11 is 2.10. The highest BCUT2D eigenvalue weighted by molar-refractivity contribution is 7.99. The molecule has 1 aliphatic carbocycles. The van der Waals surface area contributed by atoms with Crippen molar-refractivity contribution in [3.8, 4) is 0 Å². The van der Waals surface area contributed by atoms with Gasteiger partial charge in [-0.25, -0.2) is 0 Å². The van der Waals surface area contributed by atoms with Crippen LogP contribution in [0.25, 0.3) is 11.0 Å². The van der Waals surface area contributed by atoms with E-state index in [1.807, 2.05) is 0 Å². The maximum atomic E-state index is 11.4. The summed E-state index contributed by atoms with van der Waals surface area (Å²) in [5.74, 6) is 0. The van der Waals surface area contributed by atoms with Crippen LogP contribution < -0.4 is 0 Å². The second-order valence-electron chi connectivity index (χ2n) is 5.59. The highest BCUT2D eigenvalue weighted by Crippen LogP contribution is 2.37. The molecule has 0 bridgehead atoms. The normalized spacial score (nSPS) is 15.8. The molecular formula is C13H13N7O2S2. The molecule has 124 valence electrons. The number of rotatable bonds is 4. The number of fused-ring (bicyclic) bond motifs is 1. The molecule has 2 heterocycles. The lowest BCUT2D eigenvalue weighted by atomic mass is 9.96. The fraction of sp³-hybridized carbons (Fsp3) is 0.462. The Labute approximate surface area is 144 Å². The van der Waals surface area contributed by atoms with Crippen molar-refractivity contribution in [2.75, 3.05) is 0 Å². The molecule has 3 aromatic rings. The third-order valence-electron chi connectivity index (χ3n) is 4.06. The minimum atomic E-state index is -0.433. The molecule has 1 fully saturated rings. The number of nitro groups is 1. The van der Waals surface area contributed by atoms with Gasteiger partial charge in [-0.3, -0.25) is 10.1 Å². The molecule has 9 nitrogen and oxygen atoms in total. The smallest absolute Gasteiger partial charge is 0.258 e. The van der Waals surface area contributed by atoms with Gasteiger partial charge < -0.3 is 0 Å². The average Bonchev–Trinajstić information content (AvgIpc) is 3.24. The third kappa shape index (κ3) is 2.84. The Morgan fingerprint density at radius 2 is 2.08 bits per heavy atom. The van der Waals surface area contributed by atoms with E-state index in [4.69, 9.17) is 0 Å². The molecule has 0 saturated heterocycles. The van der Waals surface area contributed by atoms with Gasteiger partial charge in [-0.15, -0.1) is 10.2 Å². The SMILES string of the molecule is O=[N+]([O-])c1c(Sc2nnn(C3CCCCC3)n2)ccc2nsnc12. The molecule has 0 unspecified atom stereocenters. The van der Waals surface area contributed by atoms with Crippen molar-refractivity contribution in [3.63, 3.8) is 0 Å². The zero-order valence-corrected chi connectivity index (χ0v) is 14.2. The highest BCUT2D eigenvalue weighted by Gasteiger charge is 2.24. The quantitative estimate of drug-likeness (QED) is 0.513. The molecular weight excluding hydrogens is 350 g/mol. The fourth-order valence-corrected chi connectivity index (χ4v) is 4.24. The first-order valence-electron chi connectivity index (χ1n) is 7.59. The molecule has 1 aromatic carbocycles. The van der Waals surface area contributed by atoms with Gasteiger partial charge in [0.15, 0.2) is 5.52 Å². The summed E-state index contributed by atoms with van der Waals surface area (Å²) in [4.78, 5) is 13.1. The van der Waals surface area contributed by atoms with Gasteiger partial charge in [0.2, 0.25) is 5.16 Å². The largest absolute Gasteiger partial charge is 0.312 e. The Hall–Kier alpha value is -2.14. The molecule has 1 saturated carbocycles. The van der Waals surface area contributed by atoms with E-state index in [-0.39, 0.29) is 11.7 Å². The fourth-order valence-electron chi connectivity index (χ4n) is 2.90. The van der Waals surface area contributed by atoms with Crippen molar-refractivity contribution < 1.29 is 4.92 Å². The van der Waals surface area contributed by atoms with Crippen molar-refractivity contribution >= 4 is 40.2 Å². The predicted octanol–water partition coefficient (Wildman–Crippen LogP) is 3.24. The number of aromatic nitrogens is 6. The van der Waals surface area contributed by atoms with Gasteiger partial charge in [-0.1, -0.05) is 19.3 Å². The summed E-state index contributed by atoms with van der Waals surface area (Å²) < 4.78 is 8.08. The standard InChI is InChI=1S/C13H13N7O2S2/c21-20(22)12-10(7-6-9-11(12)17-24-16-9)23-13-14-18-19(15-13)8-4-2-1-3-5-8/h6-8H,1-5H2. The molecule has 24 heavy (non-hydrogen) atoms. The topological polar surface area (TPSA) is 113 Å². The van der Waals surface area contributed by atoms with Crippen LogP contribution in [0.2, 0.25) is 0 Å². The zero-order valence-electron chi connectivity index (χ0n) is 12.5. The Morgan fingerprint density at radius 1 is 1.25 bits per heavy atom. The van der Waals surface area contributed by atoms with Crippen LogP contribution in [0.3, 0.4) is 0 Å². The second-order valence-corrected chi connectivity index (χ2v) is 7.13. The van der Waals surface area contributed by atoms with Crippen molar-refractivity contribution in [2.24, 2.45) is 0 Å². The minimum absolute atomic E-state index is 0.0553. The van der Waals surface area contributed by atoms with E-state index in [1.165, 1.54) is 19.3 Å². The van der Waals surface area contributed by atoms with E-state index in [9.17, 15) is 10.1 Å². The number of hydrogen-bond acceptors (Lipinski definition) is 9. The zero-order chi connectivity index (χ0) is 16.5. The second kappa shape index (κ2) is 6.40. The van der Waals surface area contributed by atoms with Gasteiger partial charge in [-0.05, 0) is 41.9 Å². The molecule has 0 amide bonds. The van der Waals surface area contributed by atoms with Gasteiger partial charge in [0.05, 0.1) is 27.6 Å². The number of hydrogen-bond donors (Lipinski definition) is 0. The molecule has 2 aromatic heterocycles. The molecule has 0 radical (unpaired) electrons. The number of benzene rings is 1. The summed E-state index contributed by atoms with van der Waals surface area (Å²) in [6.45, 7) is 0. The van der Waals surface area contributed by atoms with E-state index in [0.717, 1.165) is 36.3 Å². The van der Waals surface area contributed by atoms with E-state index < -0.39 is 4.92 Å². The van der Waals surface area contributed by atoms with Crippen LogP contribution in [-0.4, -0.2) is 33.9 Å². The Balaban J connectivity index is 1.63. The van der Waals surface area contributed by atoms with Gasteiger partial charge >= 0.3 is 5.69 Å². The molecule has 0 N–H and O–H groups in total. The first-order valence-corrected chi connectivity index (χ1v) is 9.14. The summed E-state index contributed by atoms with van der Waals surface area (Å²) in [7, 11) is 0. The van der Waals surface area contributed by atoms with Crippen LogP contribution in [0, 0.1) is 10.1 Å². The van der Waals surface area contributed by atoms with Gasteiger partial charge in [0.25, 0.3) is 0 Å². The maximum Gasteiger partial charge on any atom is 0.312 e. The number of nitrogens with zero attached hydrogens (tertiary/aromatic N) is 7. The lowest BCUT2D eigenvalue weighted by Gasteiger charge is -2.19. The Kier molecular flexibility index (Phi) is 4.10. The van der Waals surface area contributed by atoms with Crippen LogP contribution in [0.5, 0.6) is 0 Å². The predicted molar refractivity (Wildman–Crippen MR) is 88.1 cm³/mol. The maximum absolute atomic E-state index is 11.4. The monoisotopic (exact) mass is 363 g/mol. The van der Waals surface area contributed by atoms with Crippen LogP contribution in [0.4, 0.5) is 5.69 Å². The third-order valence-corrected chi connectivity index (χ3v) is 5.50. The van der Waals surface area contributed by atoms with Crippen LogP contribution >= 0.6 is 23.5 Å². The van der Waals surface area contributed by atoms with Crippen LogP contribution in [0.15, 0.2) is 22.2 Å². The van der Waals surface area contributed by atoms with E-state index in [2.05, 4.69) is 24.2 Å². The van der Waals surface area contributed by atoms with E-state index in [1.54, 1.807) is 16.9 Å². The van der Waals surface area contributed by atoms with E-state index >= 15 is 0 Å². The summed E-state index contributed by atoms with van der Waals surface area (Å²) in [6, 6.07) is 3.66. The van der Waals surface area contributed by atoms with Crippen LogP contribution in [-0.2, 0) is 0 Å². The summed E-state index contributed by atoms with van der Waals surface area (Å²) in [5.41, 5.74) is 0.768. The highest BCUT2D eigenvalue weighted by atomic mass is 32.2. The molecule has 11 heteroatoms. The summed E-state index contributed by atoms with van der Waals surface area (Å²) in [6.07, 6.45) is 5.70. The van der Waals surface area contributed by atoms with Gasteiger partial charge in [-0.2, -0.15) is 13.5 Å². The first-order chi connectivity index (χ1) is 11.7. The minimum Gasteiger partial charge on any atom is -0.258 e. The number of tetrazole rings is 1. The van der Waals surface area contributed by atoms with Gasteiger partial charge in [0, 0.05) is 0 Å². The lowest BCUT2D eigenvalue weighted by molar-refractivity contribution is -0.386. The van der Waals surface area contributed by atoms with Crippen molar-refractivity contribution in [2.45, 2.75) is 48.2 Å². The lowest BCUT2D eigenvalue weighted by Crippen LogP contribution is -2.15. The Bertz CT molecular complexity index is 887.